The molecule has 1 aliphatic heterocycles. The van der Waals surface area contributed by atoms with Crippen LogP contribution in [0.25, 0.3) is 22.0 Å². The summed E-state index contributed by atoms with van der Waals surface area (Å²) in [7, 11) is 0. The summed E-state index contributed by atoms with van der Waals surface area (Å²) in [6.07, 6.45) is 0. The standard InChI is InChI=1S/C26H22N4O/c1-15(2)16-10-12-18(13-11-16)22-21(14-27)25(28)31-26-23(22)24(29-30-26)20-9-5-7-17-6-3-4-8-19(17)20/h3-13,15,22H,28H2,1-2H3,(H,29,30)/t22-/m1/s1. The molecule has 0 fully saturated rings. The Hall–Kier alpha value is -4.04. The summed E-state index contributed by atoms with van der Waals surface area (Å²) in [5, 5.41) is 19.7. The van der Waals surface area contributed by atoms with Crippen LogP contribution in [0.3, 0.4) is 0 Å². The zero-order valence-corrected chi connectivity index (χ0v) is 17.4. The number of hydrogen-bond acceptors (Lipinski definition) is 4. The first-order chi connectivity index (χ1) is 15.1. The number of fused-ring (bicyclic) bond motifs is 2. The first-order valence-electron chi connectivity index (χ1n) is 10.3. The van der Waals surface area contributed by atoms with E-state index in [-0.39, 0.29) is 11.8 Å². The van der Waals surface area contributed by atoms with Crippen LogP contribution in [0, 0.1) is 11.3 Å². The van der Waals surface area contributed by atoms with E-state index in [0.717, 1.165) is 33.2 Å². The number of nitrogens with one attached hydrogen (secondary N) is 1. The minimum Gasteiger partial charge on any atom is -0.420 e. The largest absolute Gasteiger partial charge is 0.420 e. The van der Waals surface area contributed by atoms with Gasteiger partial charge in [0.25, 0.3) is 0 Å². The van der Waals surface area contributed by atoms with Crippen LogP contribution in [0.2, 0.25) is 0 Å². The number of benzene rings is 3. The molecule has 0 saturated heterocycles. The van der Waals surface area contributed by atoms with Crippen molar-refractivity contribution in [2.75, 3.05) is 0 Å². The predicted octanol–water partition coefficient (Wildman–Crippen LogP) is 5.57. The predicted molar refractivity (Wildman–Crippen MR) is 121 cm³/mol. The second-order valence-electron chi connectivity index (χ2n) is 8.09. The van der Waals surface area contributed by atoms with Crippen LogP contribution < -0.4 is 10.5 Å². The van der Waals surface area contributed by atoms with Gasteiger partial charge in [0.15, 0.2) is 0 Å². The van der Waals surface area contributed by atoms with Gasteiger partial charge in [-0.05, 0) is 27.8 Å². The van der Waals surface area contributed by atoms with E-state index in [9.17, 15) is 5.26 Å². The van der Waals surface area contributed by atoms with Crippen molar-refractivity contribution in [2.45, 2.75) is 25.7 Å². The Balaban J connectivity index is 1.74. The van der Waals surface area contributed by atoms with Gasteiger partial charge < -0.3 is 10.5 Å². The highest BCUT2D eigenvalue weighted by atomic mass is 16.5. The third-order valence-corrected chi connectivity index (χ3v) is 5.93. The van der Waals surface area contributed by atoms with Crippen molar-refractivity contribution in [3.8, 4) is 23.2 Å². The monoisotopic (exact) mass is 406 g/mol. The maximum Gasteiger partial charge on any atom is 0.244 e. The highest BCUT2D eigenvalue weighted by Crippen LogP contribution is 2.46. The van der Waals surface area contributed by atoms with Gasteiger partial charge in [-0.25, -0.2) is 0 Å². The second-order valence-corrected chi connectivity index (χ2v) is 8.09. The number of ether oxygens (including phenoxy) is 1. The average molecular weight is 406 g/mol. The van der Waals surface area contributed by atoms with Gasteiger partial charge >= 0.3 is 0 Å². The number of aromatic nitrogens is 2. The van der Waals surface area contributed by atoms with Crippen molar-refractivity contribution < 1.29 is 4.74 Å². The number of nitrogens with two attached hydrogens (primary N) is 1. The Labute approximate surface area is 180 Å². The quantitative estimate of drug-likeness (QED) is 0.465. The van der Waals surface area contributed by atoms with Crippen molar-refractivity contribution >= 4 is 10.8 Å². The third kappa shape index (κ3) is 3.04. The molecule has 0 spiro atoms. The highest BCUT2D eigenvalue weighted by Gasteiger charge is 2.35. The van der Waals surface area contributed by atoms with Crippen LogP contribution in [0.1, 0.15) is 42.4 Å². The normalized spacial score (nSPS) is 15.6. The molecule has 3 N–H and O–H groups in total. The van der Waals surface area contributed by atoms with Gasteiger partial charge in [-0.15, -0.1) is 5.10 Å². The average Bonchev–Trinajstić information content (AvgIpc) is 3.20. The number of nitriles is 1. The fourth-order valence-electron chi connectivity index (χ4n) is 4.30. The van der Waals surface area contributed by atoms with Crippen LogP contribution in [0.4, 0.5) is 0 Å². The van der Waals surface area contributed by atoms with Gasteiger partial charge in [0.05, 0.1) is 17.2 Å². The Bertz CT molecular complexity index is 1350. The number of nitrogens with zero attached hydrogens (tertiary/aromatic N) is 2. The molecule has 0 bridgehead atoms. The lowest BCUT2D eigenvalue weighted by molar-refractivity contribution is 0.379. The molecule has 1 aliphatic rings. The molecular formula is C26H22N4O. The van der Waals surface area contributed by atoms with Crippen LogP contribution in [0.15, 0.2) is 78.2 Å². The fraction of sp³-hybridized carbons (Fsp3) is 0.154. The Morgan fingerprint density at radius 3 is 2.52 bits per heavy atom. The lowest BCUT2D eigenvalue weighted by Gasteiger charge is -2.24. The summed E-state index contributed by atoms with van der Waals surface area (Å²) in [5.74, 6) is 0.583. The van der Waals surface area contributed by atoms with E-state index in [1.165, 1.54) is 5.56 Å². The van der Waals surface area contributed by atoms with E-state index in [1.54, 1.807) is 0 Å². The van der Waals surface area contributed by atoms with Crippen molar-refractivity contribution in [2.24, 2.45) is 5.73 Å². The van der Waals surface area contributed by atoms with Crippen molar-refractivity contribution in [1.29, 1.82) is 5.26 Å². The highest BCUT2D eigenvalue weighted by molar-refractivity contribution is 5.97. The minimum atomic E-state index is -0.359. The van der Waals surface area contributed by atoms with Gasteiger partial charge in [0.1, 0.15) is 11.6 Å². The molecule has 5 rings (SSSR count). The summed E-state index contributed by atoms with van der Waals surface area (Å²) >= 11 is 0. The van der Waals surface area contributed by atoms with Crippen LogP contribution in [0.5, 0.6) is 5.88 Å². The molecule has 0 saturated carbocycles. The zero-order valence-electron chi connectivity index (χ0n) is 17.4. The van der Waals surface area contributed by atoms with Gasteiger partial charge in [-0.1, -0.05) is 80.6 Å². The van der Waals surface area contributed by atoms with E-state index in [2.05, 4.69) is 78.6 Å². The second kappa shape index (κ2) is 7.33. The lowest BCUT2D eigenvalue weighted by Crippen LogP contribution is -2.21. The maximum absolute atomic E-state index is 9.93. The molecule has 0 aliphatic carbocycles. The summed E-state index contributed by atoms with van der Waals surface area (Å²) < 4.78 is 5.76. The molecule has 4 aromatic rings. The van der Waals surface area contributed by atoms with Crippen molar-refractivity contribution in [1.82, 2.24) is 10.2 Å². The fourth-order valence-corrected chi connectivity index (χ4v) is 4.30. The molecule has 0 amide bonds. The number of aromatic amines is 1. The van der Waals surface area contributed by atoms with Gasteiger partial charge in [-0.3, -0.25) is 5.10 Å². The Kier molecular flexibility index (Phi) is 4.48. The van der Waals surface area contributed by atoms with Gasteiger partial charge in [0.2, 0.25) is 11.8 Å². The van der Waals surface area contributed by atoms with E-state index in [0.29, 0.717) is 17.4 Å². The third-order valence-electron chi connectivity index (χ3n) is 5.93. The SMILES string of the molecule is CC(C)c1ccc([C@@H]2C(C#N)=C(N)Oc3n[nH]c(-c4cccc5ccccc45)c32)cc1. The number of rotatable bonds is 3. The summed E-state index contributed by atoms with van der Waals surface area (Å²) in [6.45, 7) is 4.32. The minimum absolute atomic E-state index is 0.101. The molecule has 0 radical (unpaired) electrons. The Morgan fingerprint density at radius 2 is 1.77 bits per heavy atom. The summed E-state index contributed by atoms with van der Waals surface area (Å²) in [4.78, 5) is 0. The number of allylic oxidation sites excluding steroid dienone is 1. The van der Waals surface area contributed by atoms with E-state index in [1.807, 2.05) is 18.2 Å². The zero-order chi connectivity index (χ0) is 21.5. The van der Waals surface area contributed by atoms with Crippen LogP contribution in [-0.4, -0.2) is 10.2 Å². The van der Waals surface area contributed by atoms with Crippen molar-refractivity contribution in [3.05, 3.63) is 94.9 Å². The Morgan fingerprint density at radius 1 is 1.03 bits per heavy atom. The summed E-state index contributed by atoms with van der Waals surface area (Å²) in [6, 6.07) is 25.0. The number of H-pyrrole nitrogens is 1. The number of hydrogen-bond donors (Lipinski definition) is 2. The molecule has 1 atom stereocenters. The van der Waals surface area contributed by atoms with Crippen LogP contribution in [-0.2, 0) is 0 Å². The molecule has 3 aromatic carbocycles. The molecule has 1 aromatic heterocycles. The smallest absolute Gasteiger partial charge is 0.244 e. The van der Waals surface area contributed by atoms with E-state index >= 15 is 0 Å². The van der Waals surface area contributed by atoms with Gasteiger partial charge in [-0.2, -0.15) is 5.26 Å². The maximum atomic E-state index is 9.93. The first kappa shape index (κ1) is 19.0. The van der Waals surface area contributed by atoms with Gasteiger partial charge in [0, 0.05) is 5.56 Å². The first-order valence-corrected chi connectivity index (χ1v) is 10.3. The molecule has 5 heteroatoms. The molecule has 2 heterocycles. The lowest BCUT2D eigenvalue weighted by atomic mass is 9.82. The summed E-state index contributed by atoms with van der Waals surface area (Å²) in [5.41, 5.74) is 11.4. The van der Waals surface area contributed by atoms with E-state index < -0.39 is 0 Å². The van der Waals surface area contributed by atoms with E-state index in [4.69, 9.17) is 10.5 Å². The molecule has 152 valence electrons. The molecule has 5 nitrogen and oxygen atoms in total. The van der Waals surface area contributed by atoms with Crippen LogP contribution >= 0.6 is 0 Å². The molecule has 31 heavy (non-hydrogen) atoms. The molecule has 0 unspecified atom stereocenters. The molecular weight excluding hydrogens is 384 g/mol. The topological polar surface area (TPSA) is 87.7 Å². The van der Waals surface area contributed by atoms with Crippen molar-refractivity contribution in [3.63, 3.8) is 0 Å².